The van der Waals surface area contributed by atoms with E-state index in [0.717, 1.165) is 22.4 Å². The number of anilines is 1. The topological polar surface area (TPSA) is 103 Å². The van der Waals surface area contributed by atoms with Crippen LogP contribution in [-0.2, 0) is 14.8 Å². The lowest BCUT2D eigenvalue weighted by Crippen LogP contribution is -2.35. The number of carbonyl (C=O) groups excluding carboxylic acids is 1. The van der Waals surface area contributed by atoms with Gasteiger partial charge in [-0.2, -0.15) is 9.40 Å². The van der Waals surface area contributed by atoms with Gasteiger partial charge in [0.05, 0.1) is 22.5 Å². The minimum atomic E-state index is -3.61. The molecule has 0 bridgehead atoms. The molecule has 0 radical (unpaired) electrons. The van der Waals surface area contributed by atoms with Crippen LogP contribution < -0.4 is 4.90 Å². The van der Waals surface area contributed by atoms with Crippen LogP contribution in [0.4, 0.5) is 5.82 Å². The second-order valence-electron chi connectivity index (χ2n) is 9.70. The number of hydrogen-bond acceptors (Lipinski definition) is 7. The van der Waals surface area contributed by atoms with Crippen molar-refractivity contribution in [2.24, 2.45) is 9.98 Å². The summed E-state index contributed by atoms with van der Waals surface area (Å²) in [5.74, 6) is 3.46. The molecule has 0 aliphatic carbocycles. The first-order chi connectivity index (χ1) is 19.6. The summed E-state index contributed by atoms with van der Waals surface area (Å²) in [6.07, 6.45) is 3.00. The lowest BCUT2D eigenvalue weighted by Gasteiger charge is -2.25. The standard InChI is InChI=1S/C30H31N7O3S/c1-6-36(7-2)41(39,40)24-13-14-25(22(4)17-24)27-18-28(37(33-27)23-11-9-21(3)10-12-23)34(5)30(38)26-19-31-20-35-16-8-15-32-29(26)35/h9-15,17-19H,6-7,20H2,1-5H3. The van der Waals surface area contributed by atoms with Crippen molar-refractivity contribution in [1.82, 2.24) is 19.0 Å². The highest BCUT2D eigenvalue weighted by Gasteiger charge is 2.28. The Bertz CT molecular complexity index is 1770. The lowest BCUT2D eigenvalue weighted by atomic mass is 10.1. The minimum absolute atomic E-state index is 0.235. The highest BCUT2D eigenvalue weighted by molar-refractivity contribution is 7.89. The van der Waals surface area contributed by atoms with Gasteiger partial charge in [-0.05, 0) is 49.6 Å². The van der Waals surface area contributed by atoms with E-state index >= 15 is 0 Å². The van der Waals surface area contributed by atoms with Crippen molar-refractivity contribution in [2.75, 3.05) is 31.7 Å². The zero-order valence-electron chi connectivity index (χ0n) is 23.7. The summed E-state index contributed by atoms with van der Waals surface area (Å²) in [5, 5.41) is 4.88. The Kier molecular flexibility index (Phi) is 7.62. The number of sulfonamides is 1. The molecule has 3 heterocycles. The first kappa shape index (κ1) is 28.0. The van der Waals surface area contributed by atoms with Gasteiger partial charge in [-0.25, -0.2) is 18.1 Å². The van der Waals surface area contributed by atoms with Crippen molar-refractivity contribution in [2.45, 2.75) is 32.6 Å². The van der Waals surface area contributed by atoms with Crippen LogP contribution in [-0.4, -0.2) is 72.5 Å². The minimum Gasteiger partial charge on any atom is -0.296 e. The molecule has 0 saturated carbocycles. The third-order valence-electron chi connectivity index (χ3n) is 7.06. The molecule has 3 aromatic rings. The lowest BCUT2D eigenvalue weighted by molar-refractivity contribution is -0.114. The SMILES string of the molecule is CCN(CC)S(=O)(=O)c1ccc(-c2cc(N(C)C(=O)C3=C4N=CC#CN4CN=C3)n(-c3ccc(C)cc3)n2)c(C)c1. The summed E-state index contributed by atoms with van der Waals surface area (Å²) in [6.45, 7) is 8.59. The number of nitrogens with zero attached hydrogens (tertiary/aromatic N) is 7. The predicted octanol–water partition coefficient (Wildman–Crippen LogP) is 3.75. The fraction of sp³-hybridized carbons (Fsp3) is 0.267. The molecule has 2 aliphatic heterocycles. The molecule has 210 valence electrons. The Labute approximate surface area is 240 Å². The summed E-state index contributed by atoms with van der Waals surface area (Å²) in [6, 6.07) is 17.6. The fourth-order valence-corrected chi connectivity index (χ4v) is 6.31. The first-order valence-electron chi connectivity index (χ1n) is 13.3. The zero-order chi connectivity index (χ0) is 29.3. The molecule has 5 rings (SSSR count). The Balaban J connectivity index is 1.59. The van der Waals surface area contributed by atoms with E-state index < -0.39 is 10.0 Å². The Morgan fingerprint density at radius 2 is 1.78 bits per heavy atom. The molecule has 0 N–H and O–H groups in total. The molecule has 1 amide bonds. The van der Waals surface area contributed by atoms with Crippen LogP contribution in [0.5, 0.6) is 0 Å². The fourth-order valence-electron chi connectivity index (χ4n) is 4.76. The molecule has 2 aromatic carbocycles. The maximum Gasteiger partial charge on any atom is 0.264 e. The molecule has 0 spiro atoms. The summed E-state index contributed by atoms with van der Waals surface area (Å²) < 4.78 is 29.3. The molecule has 1 aromatic heterocycles. The van der Waals surface area contributed by atoms with E-state index in [4.69, 9.17) is 5.10 Å². The Morgan fingerprint density at radius 3 is 2.46 bits per heavy atom. The monoisotopic (exact) mass is 569 g/mol. The zero-order valence-corrected chi connectivity index (χ0v) is 24.5. The van der Waals surface area contributed by atoms with Gasteiger partial charge in [0.15, 0.2) is 5.82 Å². The van der Waals surface area contributed by atoms with E-state index in [2.05, 4.69) is 21.9 Å². The normalized spacial score (nSPS) is 14.2. The van der Waals surface area contributed by atoms with Gasteiger partial charge in [0.2, 0.25) is 10.0 Å². The van der Waals surface area contributed by atoms with Gasteiger partial charge in [0.1, 0.15) is 18.1 Å². The van der Waals surface area contributed by atoms with Crippen LogP contribution in [0, 0.1) is 25.8 Å². The second-order valence-corrected chi connectivity index (χ2v) is 11.6. The molecule has 2 aliphatic rings. The smallest absolute Gasteiger partial charge is 0.264 e. The molecule has 0 atom stereocenters. The Hall–Kier alpha value is -4.53. The number of likely N-dealkylation sites (N-methyl/N-ethyl adjacent to an activating group) is 1. The molecule has 41 heavy (non-hydrogen) atoms. The number of hydrogen-bond donors (Lipinski definition) is 0. The molecular formula is C30H31N7O3S. The average Bonchev–Trinajstić information content (AvgIpc) is 3.42. The molecule has 0 fully saturated rings. The molecule has 0 unspecified atom stereocenters. The van der Waals surface area contributed by atoms with Crippen molar-refractivity contribution in [3.05, 3.63) is 71.1 Å². The molecule has 0 saturated heterocycles. The van der Waals surface area contributed by atoms with Crippen molar-refractivity contribution in [1.29, 1.82) is 0 Å². The third kappa shape index (κ3) is 5.19. The third-order valence-corrected chi connectivity index (χ3v) is 9.10. The van der Waals surface area contributed by atoms with Gasteiger partial charge < -0.3 is 0 Å². The van der Waals surface area contributed by atoms with Gasteiger partial charge in [-0.15, -0.1) is 0 Å². The molecule has 11 heteroatoms. The van der Waals surface area contributed by atoms with Crippen LogP contribution in [0.2, 0.25) is 0 Å². The van der Waals surface area contributed by atoms with Crippen LogP contribution in [0.3, 0.4) is 0 Å². The van der Waals surface area contributed by atoms with Crippen LogP contribution >= 0.6 is 0 Å². The average molecular weight is 570 g/mol. The summed E-state index contributed by atoms with van der Waals surface area (Å²) >= 11 is 0. The number of benzene rings is 2. The van der Waals surface area contributed by atoms with E-state index in [1.54, 1.807) is 34.8 Å². The number of aryl methyl sites for hydroxylation is 2. The van der Waals surface area contributed by atoms with Gasteiger partial charge in [-0.1, -0.05) is 37.6 Å². The van der Waals surface area contributed by atoms with Gasteiger partial charge in [0, 0.05) is 44.0 Å². The second kappa shape index (κ2) is 11.2. The van der Waals surface area contributed by atoms with E-state index in [1.165, 1.54) is 21.6 Å². The first-order valence-corrected chi connectivity index (χ1v) is 14.7. The van der Waals surface area contributed by atoms with E-state index in [1.807, 2.05) is 58.0 Å². The van der Waals surface area contributed by atoms with Crippen molar-refractivity contribution < 1.29 is 13.2 Å². The van der Waals surface area contributed by atoms with E-state index in [9.17, 15) is 13.2 Å². The maximum atomic E-state index is 13.8. The number of aliphatic imine (C=N–C) groups is 2. The van der Waals surface area contributed by atoms with Crippen LogP contribution in [0.25, 0.3) is 16.9 Å². The summed E-state index contributed by atoms with van der Waals surface area (Å²) in [7, 11) is -1.93. The Morgan fingerprint density at radius 1 is 1.05 bits per heavy atom. The number of fused-ring (bicyclic) bond motifs is 1. The van der Waals surface area contributed by atoms with Gasteiger partial charge in [-0.3, -0.25) is 19.6 Å². The van der Waals surface area contributed by atoms with Gasteiger partial charge in [0.25, 0.3) is 5.91 Å². The predicted molar refractivity (Wildman–Crippen MR) is 160 cm³/mol. The van der Waals surface area contributed by atoms with Crippen molar-refractivity contribution in [3.63, 3.8) is 0 Å². The summed E-state index contributed by atoms with van der Waals surface area (Å²) in [4.78, 5) is 25.8. The van der Waals surface area contributed by atoms with Crippen molar-refractivity contribution in [3.8, 4) is 28.9 Å². The number of aromatic nitrogens is 2. The van der Waals surface area contributed by atoms with Crippen LogP contribution in [0.1, 0.15) is 25.0 Å². The maximum absolute atomic E-state index is 13.8. The van der Waals surface area contributed by atoms with Crippen LogP contribution in [0.15, 0.2) is 74.8 Å². The summed E-state index contributed by atoms with van der Waals surface area (Å²) in [5.41, 5.74) is 4.30. The highest BCUT2D eigenvalue weighted by atomic mass is 32.2. The number of rotatable bonds is 8. The number of amides is 1. The molecular weight excluding hydrogens is 538 g/mol. The van der Waals surface area contributed by atoms with E-state index in [-0.39, 0.29) is 10.8 Å². The van der Waals surface area contributed by atoms with Crippen molar-refractivity contribution >= 4 is 34.2 Å². The molecule has 10 nitrogen and oxygen atoms in total. The van der Waals surface area contributed by atoms with Gasteiger partial charge >= 0.3 is 0 Å². The quantitative estimate of drug-likeness (QED) is 0.385. The number of carbonyl (C=O) groups is 1. The largest absolute Gasteiger partial charge is 0.296 e. The highest BCUT2D eigenvalue weighted by Crippen LogP contribution is 2.32. The van der Waals surface area contributed by atoms with E-state index in [0.29, 0.717) is 42.7 Å².